The van der Waals surface area contributed by atoms with Crippen molar-refractivity contribution in [3.05, 3.63) is 35.7 Å². The van der Waals surface area contributed by atoms with Gasteiger partial charge >= 0.3 is 0 Å². The van der Waals surface area contributed by atoms with Gasteiger partial charge in [-0.15, -0.1) is 11.3 Å². The number of rotatable bonds is 3. The van der Waals surface area contributed by atoms with Gasteiger partial charge < -0.3 is 5.32 Å². The molecule has 0 unspecified atom stereocenters. The van der Waals surface area contributed by atoms with Crippen molar-refractivity contribution in [2.24, 2.45) is 0 Å². The Morgan fingerprint density at radius 3 is 3.29 bits per heavy atom. The van der Waals surface area contributed by atoms with Crippen LogP contribution < -0.4 is 5.32 Å². The van der Waals surface area contributed by atoms with Gasteiger partial charge in [-0.3, -0.25) is 14.3 Å². The van der Waals surface area contributed by atoms with Crippen molar-refractivity contribution in [1.29, 1.82) is 0 Å². The molecule has 0 aromatic carbocycles. The second-order valence-electron chi connectivity index (χ2n) is 3.52. The lowest BCUT2D eigenvalue weighted by Gasteiger charge is -1.99. The van der Waals surface area contributed by atoms with E-state index in [0.29, 0.717) is 5.82 Å². The van der Waals surface area contributed by atoms with Crippen LogP contribution in [0.2, 0.25) is 0 Å². The van der Waals surface area contributed by atoms with E-state index in [1.807, 2.05) is 22.2 Å². The minimum absolute atomic E-state index is 0.111. The monoisotopic (exact) mass is 247 g/mol. The van der Waals surface area contributed by atoms with Crippen LogP contribution in [0.15, 0.2) is 30.0 Å². The molecule has 86 valence electrons. The Bertz CT molecular complexity index is 610. The number of amides is 1. The number of H-pyrrole nitrogens is 1. The predicted molar refractivity (Wildman–Crippen MR) is 64.0 cm³/mol. The third-order valence-electron chi connectivity index (χ3n) is 2.26. The highest BCUT2D eigenvalue weighted by Crippen LogP contribution is 2.12. The lowest BCUT2D eigenvalue weighted by atomic mass is 10.3. The first-order valence-electron chi connectivity index (χ1n) is 5.01. The third kappa shape index (κ3) is 2.04. The molecule has 0 saturated heterocycles. The molecule has 1 amide bonds. The van der Waals surface area contributed by atoms with Crippen LogP contribution in [0.4, 0.5) is 5.82 Å². The van der Waals surface area contributed by atoms with Crippen LogP contribution in [-0.4, -0.2) is 25.5 Å². The normalized spacial score (nSPS) is 10.8. The number of carbonyl (C=O) groups excluding carboxylic acids is 1. The maximum atomic E-state index is 11.7. The summed E-state index contributed by atoms with van der Waals surface area (Å²) in [4.78, 5) is 16.9. The number of anilines is 1. The summed E-state index contributed by atoms with van der Waals surface area (Å²) in [6, 6.07) is 1.70. The van der Waals surface area contributed by atoms with Crippen molar-refractivity contribution in [3.8, 4) is 0 Å². The number of carbonyl (C=O) groups is 1. The van der Waals surface area contributed by atoms with Crippen LogP contribution in [0, 0.1) is 0 Å². The van der Waals surface area contributed by atoms with Gasteiger partial charge in [0.2, 0.25) is 5.91 Å². The van der Waals surface area contributed by atoms with Gasteiger partial charge in [0.05, 0.1) is 18.3 Å². The van der Waals surface area contributed by atoms with Crippen molar-refractivity contribution in [3.63, 3.8) is 0 Å². The number of aromatic amines is 1. The van der Waals surface area contributed by atoms with Crippen LogP contribution in [0.3, 0.4) is 0 Å². The van der Waals surface area contributed by atoms with E-state index in [-0.39, 0.29) is 12.3 Å². The molecule has 3 aromatic heterocycles. The van der Waals surface area contributed by atoms with Gasteiger partial charge in [-0.25, -0.2) is 4.98 Å². The molecule has 0 aliphatic heterocycles. The van der Waals surface area contributed by atoms with E-state index in [2.05, 4.69) is 20.5 Å². The fourth-order valence-corrected chi connectivity index (χ4v) is 2.26. The van der Waals surface area contributed by atoms with Crippen LogP contribution in [0.5, 0.6) is 0 Å². The van der Waals surface area contributed by atoms with E-state index in [0.717, 1.165) is 10.7 Å². The van der Waals surface area contributed by atoms with Gasteiger partial charge in [0.1, 0.15) is 5.82 Å². The Morgan fingerprint density at radius 1 is 1.59 bits per heavy atom. The fourth-order valence-electron chi connectivity index (χ4n) is 1.55. The molecule has 0 radical (unpaired) electrons. The largest absolute Gasteiger partial charge is 0.311 e. The minimum Gasteiger partial charge on any atom is -0.311 e. The molecule has 0 fully saturated rings. The SMILES string of the molecule is O=C(Cc1cn2ccsc2n1)Nc1ccn[nH]1. The number of thiazole rings is 1. The van der Waals surface area contributed by atoms with Crippen LogP contribution in [-0.2, 0) is 11.2 Å². The van der Waals surface area contributed by atoms with Crippen LogP contribution in [0.1, 0.15) is 5.69 Å². The van der Waals surface area contributed by atoms with Crippen molar-refractivity contribution in [2.75, 3.05) is 5.32 Å². The molecule has 2 N–H and O–H groups in total. The van der Waals surface area contributed by atoms with Crippen molar-refractivity contribution < 1.29 is 4.79 Å². The summed E-state index contributed by atoms with van der Waals surface area (Å²) >= 11 is 1.54. The first kappa shape index (κ1) is 10.0. The summed E-state index contributed by atoms with van der Waals surface area (Å²) in [5.41, 5.74) is 0.758. The Balaban J connectivity index is 1.70. The second kappa shape index (κ2) is 4.02. The molecule has 0 aliphatic rings. The van der Waals surface area contributed by atoms with Gasteiger partial charge in [-0.1, -0.05) is 0 Å². The van der Waals surface area contributed by atoms with Gasteiger partial charge in [-0.05, 0) is 0 Å². The molecule has 6 nitrogen and oxygen atoms in total. The summed E-state index contributed by atoms with van der Waals surface area (Å²) < 4.78 is 1.91. The Labute approximate surface area is 100 Å². The lowest BCUT2D eigenvalue weighted by molar-refractivity contribution is -0.115. The minimum atomic E-state index is -0.111. The molecule has 3 aromatic rings. The molecule has 7 heteroatoms. The number of nitrogens with zero attached hydrogens (tertiary/aromatic N) is 3. The highest BCUT2D eigenvalue weighted by molar-refractivity contribution is 7.15. The van der Waals surface area contributed by atoms with Crippen LogP contribution >= 0.6 is 11.3 Å². The summed E-state index contributed by atoms with van der Waals surface area (Å²) in [7, 11) is 0. The first-order chi connectivity index (χ1) is 8.31. The topological polar surface area (TPSA) is 75.1 Å². The molecule has 0 spiro atoms. The number of hydrogen-bond acceptors (Lipinski definition) is 4. The average Bonchev–Trinajstić information content (AvgIpc) is 2.92. The first-order valence-corrected chi connectivity index (χ1v) is 5.89. The zero-order chi connectivity index (χ0) is 11.7. The molecule has 0 bridgehead atoms. The number of fused-ring (bicyclic) bond motifs is 1. The summed E-state index contributed by atoms with van der Waals surface area (Å²) in [6.07, 6.45) is 5.62. The predicted octanol–water partition coefficient (Wildman–Crippen LogP) is 1.30. The molecular formula is C10H9N5OS. The fraction of sp³-hybridized carbons (Fsp3) is 0.100. The van der Waals surface area contributed by atoms with E-state index in [4.69, 9.17) is 0 Å². The van der Waals surface area contributed by atoms with Gasteiger partial charge in [-0.2, -0.15) is 5.10 Å². The van der Waals surface area contributed by atoms with Crippen molar-refractivity contribution in [1.82, 2.24) is 19.6 Å². The number of hydrogen-bond donors (Lipinski definition) is 2. The summed E-state index contributed by atoms with van der Waals surface area (Å²) in [6.45, 7) is 0. The highest BCUT2D eigenvalue weighted by atomic mass is 32.1. The van der Waals surface area contributed by atoms with Crippen LogP contribution in [0.25, 0.3) is 4.96 Å². The quantitative estimate of drug-likeness (QED) is 0.732. The van der Waals surface area contributed by atoms with Crippen molar-refractivity contribution in [2.45, 2.75) is 6.42 Å². The molecule has 0 aliphatic carbocycles. The molecule has 17 heavy (non-hydrogen) atoms. The van der Waals surface area contributed by atoms with E-state index >= 15 is 0 Å². The Kier molecular flexibility index (Phi) is 2.37. The Hall–Kier alpha value is -2.15. The number of imidazole rings is 1. The number of aromatic nitrogens is 4. The maximum absolute atomic E-state index is 11.7. The maximum Gasteiger partial charge on any atom is 0.231 e. The standard InChI is InChI=1S/C10H9N5OS/c16-9(13-8-1-2-11-14-8)5-7-6-15-3-4-17-10(15)12-7/h1-4,6H,5H2,(H2,11,13,14,16). The molecule has 3 heterocycles. The zero-order valence-electron chi connectivity index (χ0n) is 8.75. The molecule has 0 saturated carbocycles. The lowest BCUT2D eigenvalue weighted by Crippen LogP contribution is -2.14. The average molecular weight is 247 g/mol. The van der Waals surface area contributed by atoms with E-state index in [1.165, 1.54) is 0 Å². The zero-order valence-corrected chi connectivity index (χ0v) is 9.57. The smallest absolute Gasteiger partial charge is 0.231 e. The van der Waals surface area contributed by atoms with Crippen molar-refractivity contribution >= 4 is 28.0 Å². The van der Waals surface area contributed by atoms with E-state index < -0.39 is 0 Å². The highest BCUT2D eigenvalue weighted by Gasteiger charge is 2.08. The second-order valence-corrected chi connectivity index (χ2v) is 4.39. The number of nitrogens with one attached hydrogen (secondary N) is 2. The van der Waals surface area contributed by atoms with Gasteiger partial charge in [0.25, 0.3) is 0 Å². The van der Waals surface area contributed by atoms with Gasteiger partial charge in [0, 0.05) is 23.8 Å². The molecule has 0 atom stereocenters. The molecular weight excluding hydrogens is 238 g/mol. The Morgan fingerprint density at radius 2 is 2.53 bits per heavy atom. The molecule has 3 rings (SSSR count). The third-order valence-corrected chi connectivity index (χ3v) is 3.03. The summed E-state index contributed by atoms with van der Waals surface area (Å²) in [5.74, 6) is 0.482. The van der Waals surface area contributed by atoms with Gasteiger partial charge in [0.15, 0.2) is 4.96 Å². The summed E-state index contributed by atoms with van der Waals surface area (Å²) in [5, 5.41) is 11.1. The van der Waals surface area contributed by atoms with E-state index in [9.17, 15) is 4.79 Å². The van der Waals surface area contributed by atoms with E-state index in [1.54, 1.807) is 23.6 Å².